The van der Waals surface area contributed by atoms with Crippen molar-refractivity contribution in [2.75, 3.05) is 42.9 Å². The van der Waals surface area contributed by atoms with Gasteiger partial charge in [0, 0.05) is 36.8 Å². The molecule has 0 aliphatic carbocycles. The Morgan fingerprint density at radius 3 is 2.46 bits per heavy atom. The Hall–Kier alpha value is -2.04. The van der Waals surface area contributed by atoms with Crippen molar-refractivity contribution < 1.29 is 4.79 Å². The number of rotatable bonds is 4. The molecule has 126 valence electrons. The standard InChI is InChI=1S/C19H22ClN3O/c1-2-22-10-12-23(13-11-22)18-9-8-16(20)14-17(18)21-19(24)15-6-4-3-5-7-15/h3-9,14H,2,10-13H2,1H3,(H,21,24). The topological polar surface area (TPSA) is 35.6 Å². The van der Waals surface area contributed by atoms with Crippen LogP contribution in [0.2, 0.25) is 5.02 Å². The van der Waals surface area contributed by atoms with E-state index >= 15 is 0 Å². The van der Waals surface area contributed by atoms with Crippen LogP contribution in [0.3, 0.4) is 0 Å². The van der Waals surface area contributed by atoms with Crippen molar-refractivity contribution in [3.05, 3.63) is 59.1 Å². The maximum atomic E-state index is 12.5. The highest BCUT2D eigenvalue weighted by Gasteiger charge is 2.19. The number of hydrogen-bond donors (Lipinski definition) is 1. The lowest BCUT2D eigenvalue weighted by Gasteiger charge is -2.36. The molecule has 5 heteroatoms. The molecule has 1 N–H and O–H groups in total. The molecule has 0 radical (unpaired) electrons. The number of nitrogens with one attached hydrogen (secondary N) is 1. The quantitative estimate of drug-likeness (QED) is 0.918. The molecule has 1 saturated heterocycles. The molecular weight excluding hydrogens is 322 g/mol. The Morgan fingerprint density at radius 1 is 1.08 bits per heavy atom. The maximum absolute atomic E-state index is 12.5. The smallest absolute Gasteiger partial charge is 0.255 e. The SMILES string of the molecule is CCN1CCN(c2ccc(Cl)cc2NC(=O)c2ccccc2)CC1. The van der Waals surface area contributed by atoms with Gasteiger partial charge in [-0.05, 0) is 36.9 Å². The molecule has 0 saturated carbocycles. The lowest BCUT2D eigenvalue weighted by atomic mass is 10.1. The fraction of sp³-hybridized carbons (Fsp3) is 0.316. The second-order valence-electron chi connectivity index (χ2n) is 5.90. The number of nitrogens with zero attached hydrogens (tertiary/aromatic N) is 2. The van der Waals surface area contributed by atoms with Crippen molar-refractivity contribution in [3.8, 4) is 0 Å². The Morgan fingerprint density at radius 2 is 1.79 bits per heavy atom. The van der Waals surface area contributed by atoms with Gasteiger partial charge in [-0.3, -0.25) is 4.79 Å². The zero-order valence-corrected chi connectivity index (χ0v) is 14.6. The van der Waals surface area contributed by atoms with Crippen molar-refractivity contribution in [1.82, 2.24) is 4.90 Å². The number of anilines is 2. The van der Waals surface area contributed by atoms with E-state index in [1.165, 1.54) is 0 Å². The van der Waals surface area contributed by atoms with E-state index in [1.807, 2.05) is 36.4 Å². The van der Waals surface area contributed by atoms with Crippen molar-refractivity contribution >= 4 is 28.9 Å². The van der Waals surface area contributed by atoms with Crippen LogP contribution in [-0.4, -0.2) is 43.5 Å². The van der Waals surface area contributed by atoms with Crippen molar-refractivity contribution in [2.24, 2.45) is 0 Å². The predicted octanol–water partition coefficient (Wildman–Crippen LogP) is 3.73. The normalized spacial score (nSPS) is 15.3. The van der Waals surface area contributed by atoms with Crippen molar-refractivity contribution in [2.45, 2.75) is 6.92 Å². The number of hydrogen-bond acceptors (Lipinski definition) is 3. The molecule has 2 aromatic rings. The van der Waals surface area contributed by atoms with Crippen LogP contribution in [0.4, 0.5) is 11.4 Å². The Kier molecular flexibility index (Phi) is 5.38. The molecule has 0 atom stereocenters. The van der Waals surface area contributed by atoms with Gasteiger partial charge in [0.1, 0.15) is 0 Å². The fourth-order valence-electron chi connectivity index (χ4n) is 2.97. The number of benzene rings is 2. The summed E-state index contributed by atoms with van der Waals surface area (Å²) in [6.07, 6.45) is 0. The molecule has 0 spiro atoms. The third-order valence-corrected chi connectivity index (χ3v) is 4.64. The summed E-state index contributed by atoms with van der Waals surface area (Å²) in [5, 5.41) is 3.63. The third-order valence-electron chi connectivity index (χ3n) is 4.40. The van der Waals surface area contributed by atoms with Crippen molar-refractivity contribution in [1.29, 1.82) is 0 Å². The van der Waals surface area contributed by atoms with Gasteiger partial charge in [0.05, 0.1) is 11.4 Å². The molecule has 3 rings (SSSR count). The van der Waals surface area contributed by atoms with Crippen LogP contribution in [0.5, 0.6) is 0 Å². The van der Waals surface area contributed by atoms with Gasteiger partial charge in [-0.15, -0.1) is 0 Å². The zero-order valence-electron chi connectivity index (χ0n) is 13.8. The molecule has 1 amide bonds. The fourth-order valence-corrected chi connectivity index (χ4v) is 3.15. The van der Waals surface area contributed by atoms with Crippen LogP contribution >= 0.6 is 11.6 Å². The summed E-state index contributed by atoms with van der Waals surface area (Å²) >= 11 is 6.15. The van der Waals surface area contributed by atoms with E-state index in [2.05, 4.69) is 22.0 Å². The lowest BCUT2D eigenvalue weighted by Crippen LogP contribution is -2.46. The van der Waals surface area contributed by atoms with Crippen LogP contribution in [0.15, 0.2) is 48.5 Å². The first kappa shape index (κ1) is 16.8. The van der Waals surface area contributed by atoms with E-state index in [4.69, 9.17) is 11.6 Å². The average Bonchev–Trinajstić information content (AvgIpc) is 2.63. The van der Waals surface area contributed by atoms with Gasteiger partial charge in [-0.2, -0.15) is 0 Å². The zero-order chi connectivity index (χ0) is 16.9. The van der Waals surface area contributed by atoms with Crippen molar-refractivity contribution in [3.63, 3.8) is 0 Å². The van der Waals surface area contributed by atoms with E-state index in [-0.39, 0.29) is 5.91 Å². The summed E-state index contributed by atoms with van der Waals surface area (Å²) in [4.78, 5) is 17.2. The summed E-state index contributed by atoms with van der Waals surface area (Å²) in [6.45, 7) is 7.22. The summed E-state index contributed by atoms with van der Waals surface area (Å²) in [5.74, 6) is -0.119. The Bertz CT molecular complexity index is 697. The number of likely N-dealkylation sites (N-methyl/N-ethyl adjacent to an activating group) is 1. The van der Waals surface area contributed by atoms with Crippen LogP contribution in [-0.2, 0) is 0 Å². The minimum Gasteiger partial charge on any atom is -0.367 e. The third kappa shape index (κ3) is 3.89. The molecule has 0 bridgehead atoms. The van der Waals surface area contributed by atoms with Gasteiger partial charge in [0.15, 0.2) is 0 Å². The first-order chi connectivity index (χ1) is 11.7. The number of halogens is 1. The number of carbonyl (C=O) groups excluding carboxylic acids is 1. The van der Waals surface area contributed by atoms with Gasteiger partial charge in [-0.1, -0.05) is 36.7 Å². The van der Waals surface area contributed by atoms with Crippen LogP contribution < -0.4 is 10.2 Å². The van der Waals surface area contributed by atoms with Crippen LogP contribution in [0, 0.1) is 0 Å². The minimum atomic E-state index is -0.119. The molecular formula is C19H22ClN3O. The van der Waals surface area contributed by atoms with E-state index < -0.39 is 0 Å². The monoisotopic (exact) mass is 343 g/mol. The van der Waals surface area contributed by atoms with E-state index in [0.717, 1.165) is 44.1 Å². The molecule has 2 aromatic carbocycles. The molecule has 0 unspecified atom stereocenters. The highest BCUT2D eigenvalue weighted by molar-refractivity contribution is 6.31. The van der Waals surface area contributed by atoms with E-state index in [9.17, 15) is 4.79 Å². The highest BCUT2D eigenvalue weighted by atomic mass is 35.5. The summed E-state index contributed by atoms with van der Waals surface area (Å²) < 4.78 is 0. The van der Waals surface area contributed by atoms with E-state index in [0.29, 0.717) is 10.6 Å². The Balaban J connectivity index is 1.80. The summed E-state index contributed by atoms with van der Waals surface area (Å²) in [5.41, 5.74) is 2.43. The van der Waals surface area contributed by atoms with Gasteiger partial charge in [0.25, 0.3) is 5.91 Å². The molecule has 0 aromatic heterocycles. The molecule has 1 fully saturated rings. The predicted molar refractivity (Wildman–Crippen MR) is 100 cm³/mol. The number of carbonyl (C=O) groups is 1. The van der Waals surface area contributed by atoms with Gasteiger partial charge < -0.3 is 15.1 Å². The van der Waals surface area contributed by atoms with E-state index in [1.54, 1.807) is 12.1 Å². The lowest BCUT2D eigenvalue weighted by molar-refractivity contribution is 0.102. The number of piperazine rings is 1. The Labute approximate surface area is 148 Å². The molecule has 1 aliphatic rings. The van der Waals surface area contributed by atoms with Crippen LogP contribution in [0.1, 0.15) is 17.3 Å². The van der Waals surface area contributed by atoms with Gasteiger partial charge in [0.2, 0.25) is 0 Å². The van der Waals surface area contributed by atoms with Gasteiger partial charge in [-0.25, -0.2) is 0 Å². The number of amides is 1. The first-order valence-corrected chi connectivity index (χ1v) is 8.68. The highest BCUT2D eigenvalue weighted by Crippen LogP contribution is 2.30. The summed E-state index contributed by atoms with van der Waals surface area (Å²) in [6, 6.07) is 14.9. The van der Waals surface area contributed by atoms with Gasteiger partial charge >= 0.3 is 0 Å². The first-order valence-electron chi connectivity index (χ1n) is 8.30. The molecule has 1 aliphatic heterocycles. The largest absolute Gasteiger partial charge is 0.367 e. The average molecular weight is 344 g/mol. The molecule has 1 heterocycles. The second kappa shape index (κ2) is 7.69. The second-order valence-corrected chi connectivity index (χ2v) is 6.34. The minimum absolute atomic E-state index is 0.119. The summed E-state index contributed by atoms with van der Waals surface area (Å²) in [7, 11) is 0. The maximum Gasteiger partial charge on any atom is 0.255 e. The van der Waals surface area contributed by atoms with Crippen LogP contribution in [0.25, 0.3) is 0 Å². The molecule has 4 nitrogen and oxygen atoms in total. The molecule has 24 heavy (non-hydrogen) atoms.